The van der Waals surface area contributed by atoms with Crippen LogP contribution in [0.5, 0.6) is 0 Å². The molecule has 2 aliphatic rings. The fraction of sp³-hybridized carbons (Fsp3) is 0.529. The van der Waals surface area contributed by atoms with Gasteiger partial charge in [-0.15, -0.1) is 0 Å². The van der Waals surface area contributed by atoms with Crippen molar-refractivity contribution in [3.8, 4) is 0 Å². The smallest absolute Gasteiger partial charge is 0.255 e. The number of rotatable bonds is 3. The molecule has 2 aromatic heterocycles. The summed E-state index contributed by atoms with van der Waals surface area (Å²) in [5, 5.41) is 11.6. The molecule has 2 fully saturated rings. The first kappa shape index (κ1) is 16.2. The average Bonchev–Trinajstić information content (AvgIpc) is 3.21. The average molecular weight is 343 g/mol. The second-order valence-corrected chi connectivity index (χ2v) is 6.59. The molecule has 0 aromatic carbocycles. The molecule has 0 unspecified atom stereocenters. The summed E-state index contributed by atoms with van der Waals surface area (Å²) in [6.07, 6.45) is 3.08. The van der Waals surface area contributed by atoms with Crippen LogP contribution in [0.4, 0.5) is 0 Å². The van der Waals surface area contributed by atoms with Crippen LogP contribution in [0.15, 0.2) is 23.0 Å². The van der Waals surface area contributed by atoms with Crippen LogP contribution >= 0.6 is 0 Å². The summed E-state index contributed by atoms with van der Waals surface area (Å²) in [5.74, 6) is 0.833. The van der Waals surface area contributed by atoms with Gasteiger partial charge in [0.1, 0.15) is 5.76 Å². The van der Waals surface area contributed by atoms with Crippen molar-refractivity contribution in [1.82, 2.24) is 25.2 Å². The number of nitrogens with zero attached hydrogens (tertiary/aromatic N) is 5. The summed E-state index contributed by atoms with van der Waals surface area (Å²) in [4.78, 5) is 16.9. The number of amides is 1. The highest BCUT2D eigenvalue weighted by molar-refractivity contribution is 5.94. The SMILES string of the molecule is Cc1noc(C)c1CN1CCO[C@@H]2CN(C(=O)c3ccnnc3)C[C@@H]21. The zero-order valence-corrected chi connectivity index (χ0v) is 14.4. The van der Waals surface area contributed by atoms with Gasteiger partial charge in [0, 0.05) is 31.7 Å². The second kappa shape index (κ2) is 6.53. The fourth-order valence-corrected chi connectivity index (χ4v) is 3.65. The Labute approximate surface area is 145 Å². The number of hydrogen-bond acceptors (Lipinski definition) is 7. The maximum Gasteiger partial charge on any atom is 0.255 e. The molecule has 8 nitrogen and oxygen atoms in total. The third-order valence-corrected chi connectivity index (χ3v) is 5.08. The third-order valence-electron chi connectivity index (χ3n) is 5.08. The lowest BCUT2D eigenvalue weighted by molar-refractivity contribution is -0.0505. The van der Waals surface area contributed by atoms with Crippen LogP contribution in [-0.4, -0.2) is 69.4 Å². The zero-order chi connectivity index (χ0) is 17.4. The van der Waals surface area contributed by atoms with Crippen molar-refractivity contribution in [3.63, 3.8) is 0 Å². The maximum absolute atomic E-state index is 12.7. The van der Waals surface area contributed by atoms with Gasteiger partial charge in [-0.3, -0.25) is 9.69 Å². The van der Waals surface area contributed by atoms with E-state index >= 15 is 0 Å². The Bertz CT molecular complexity index is 743. The van der Waals surface area contributed by atoms with Gasteiger partial charge < -0.3 is 14.2 Å². The molecule has 2 saturated heterocycles. The first-order valence-corrected chi connectivity index (χ1v) is 8.47. The minimum atomic E-state index is -0.0230. The second-order valence-electron chi connectivity index (χ2n) is 6.59. The highest BCUT2D eigenvalue weighted by Gasteiger charge is 2.42. The molecule has 4 heterocycles. The van der Waals surface area contributed by atoms with Crippen molar-refractivity contribution in [2.24, 2.45) is 0 Å². The molecule has 4 rings (SSSR count). The van der Waals surface area contributed by atoms with Gasteiger partial charge in [0.05, 0.1) is 42.4 Å². The predicted octanol–water partition coefficient (Wildman–Crippen LogP) is 0.807. The summed E-state index contributed by atoms with van der Waals surface area (Å²) in [6.45, 7) is 7.43. The molecule has 0 N–H and O–H groups in total. The number of likely N-dealkylation sites (tertiary alicyclic amines) is 1. The maximum atomic E-state index is 12.7. The van der Waals surface area contributed by atoms with E-state index in [0.29, 0.717) is 25.3 Å². The van der Waals surface area contributed by atoms with Gasteiger partial charge >= 0.3 is 0 Å². The number of morpholine rings is 1. The van der Waals surface area contributed by atoms with Gasteiger partial charge in [0.2, 0.25) is 0 Å². The van der Waals surface area contributed by atoms with E-state index in [1.54, 1.807) is 6.07 Å². The van der Waals surface area contributed by atoms with Crippen molar-refractivity contribution < 1.29 is 14.1 Å². The highest BCUT2D eigenvalue weighted by atomic mass is 16.5. The Morgan fingerprint density at radius 1 is 1.32 bits per heavy atom. The van der Waals surface area contributed by atoms with Crippen molar-refractivity contribution in [2.45, 2.75) is 32.5 Å². The summed E-state index contributed by atoms with van der Waals surface area (Å²) < 4.78 is 11.2. The zero-order valence-electron chi connectivity index (χ0n) is 14.4. The first-order chi connectivity index (χ1) is 12.1. The number of aromatic nitrogens is 3. The van der Waals surface area contributed by atoms with E-state index < -0.39 is 0 Å². The van der Waals surface area contributed by atoms with Gasteiger partial charge in [-0.1, -0.05) is 5.16 Å². The van der Waals surface area contributed by atoms with Crippen molar-refractivity contribution in [2.75, 3.05) is 26.2 Å². The number of ether oxygens (including phenoxy) is 1. The third kappa shape index (κ3) is 3.03. The molecule has 2 aromatic rings. The highest BCUT2D eigenvalue weighted by Crippen LogP contribution is 2.27. The molecule has 8 heteroatoms. The normalized spacial score (nSPS) is 23.7. The lowest BCUT2D eigenvalue weighted by Gasteiger charge is -2.36. The molecule has 0 spiro atoms. The lowest BCUT2D eigenvalue weighted by Crippen LogP contribution is -2.50. The first-order valence-electron chi connectivity index (χ1n) is 8.47. The number of carbonyl (C=O) groups is 1. The predicted molar refractivity (Wildman–Crippen MR) is 87.9 cm³/mol. The summed E-state index contributed by atoms with van der Waals surface area (Å²) >= 11 is 0. The Balaban J connectivity index is 1.49. The van der Waals surface area contributed by atoms with Gasteiger partial charge in [0.25, 0.3) is 5.91 Å². The number of fused-ring (bicyclic) bond motifs is 1. The molecule has 132 valence electrons. The topological polar surface area (TPSA) is 84.6 Å². The van der Waals surface area contributed by atoms with Crippen molar-refractivity contribution in [1.29, 1.82) is 0 Å². The quantitative estimate of drug-likeness (QED) is 0.815. The Morgan fingerprint density at radius 3 is 2.92 bits per heavy atom. The van der Waals surface area contributed by atoms with Crippen LogP contribution < -0.4 is 0 Å². The van der Waals surface area contributed by atoms with E-state index in [4.69, 9.17) is 9.26 Å². The number of aryl methyl sites for hydroxylation is 2. The summed E-state index contributed by atoms with van der Waals surface area (Å²) in [5.41, 5.74) is 2.61. The molecule has 0 bridgehead atoms. The summed E-state index contributed by atoms with van der Waals surface area (Å²) in [7, 11) is 0. The Morgan fingerprint density at radius 2 is 2.20 bits per heavy atom. The van der Waals surface area contributed by atoms with E-state index in [1.807, 2.05) is 18.7 Å². The van der Waals surface area contributed by atoms with Gasteiger partial charge in [-0.05, 0) is 19.9 Å². The van der Waals surface area contributed by atoms with Gasteiger partial charge in [0.15, 0.2) is 0 Å². The van der Waals surface area contributed by atoms with E-state index in [9.17, 15) is 4.79 Å². The lowest BCUT2D eigenvalue weighted by atomic mass is 10.1. The molecule has 2 atom stereocenters. The van der Waals surface area contributed by atoms with E-state index in [1.165, 1.54) is 12.4 Å². The molecular weight excluding hydrogens is 322 g/mol. The molecule has 0 aliphatic carbocycles. The Kier molecular flexibility index (Phi) is 4.22. The monoisotopic (exact) mass is 343 g/mol. The van der Waals surface area contributed by atoms with Crippen LogP contribution in [0.1, 0.15) is 27.4 Å². The minimum Gasteiger partial charge on any atom is -0.373 e. The van der Waals surface area contributed by atoms with Crippen LogP contribution in [0, 0.1) is 13.8 Å². The fourth-order valence-electron chi connectivity index (χ4n) is 3.65. The van der Waals surface area contributed by atoms with Gasteiger partial charge in [-0.25, -0.2) is 0 Å². The van der Waals surface area contributed by atoms with E-state index in [2.05, 4.69) is 20.3 Å². The minimum absolute atomic E-state index is 0.0230. The molecule has 0 radical (unpaired) electrons. The Hall–Kier alpha value is -2.32. The van der Waals surface area contributed by atoms with Crippen LogP contribution in [-0.2, 0) is 11.3 Å². The molecule has 2 aliphatic heterocycles. The number of carbonyl (C=O) groups excluding carboxylic acids is 1. The van der Waals surface area contributed by atoms with Gasteiger partial charge in [-0.2, -0.15) is 10.2 Å². The van der Waals surface area contributed by atoms with Crippen LogP contribution in [0.2, 0.25) is 0 Å². The largest absolute Gasteiger partial charge is 0.373 e. The molecule has 1 amide bonds. The molecule has 25 heavy (non-hydrogen) atoms. The number of hydrogen-bond donors (Lipinski definition) is 0. The van der Waals surface area contributed by atoms with Crippen LogP contribution in [0.25, 0.3) is 0 Å². The molecular formula is C17H21N5O3. The molecule has 0 saturated carbocycles. The summed E-state index contributed by atoms with van der Waals surface area (Å²) in [6, 6.07) is 1.88. The van der Waals surface area contributed by atoms with E-state index in [0.717, 1.165) is 30.1 Å². The van der Waals surface area contributed by atoms with E-state index in [-0.39, 0.29) is 18.1 Å². The van der Waals surface area contributed by atoms with Crippen molar-refractivity contribution >= 4 is 5.91 Å². The van der Waals surface area contributed by atoms with Crippen LogP contribution in [0.3, 0.4) is 0 Å². The standard InChI is InChI=1S/C17H21N5O3/c1-11-14(12(2)25-20-11)8-21-5-6-24-16-10-22(9-15(16)21)17(23)13-3-4-18-19-7-13/h3-4,7,15-16H,5-6,8-10H2,1-2H3/t15-,16+/m0/s1. The van der Waals surface area contributed by atoms with Crippen molar-refractivity contribution in [3.05, 3.63) is 41.0 Å².